The molecule has 1 saturated heterocycles. The zero-order valence-corrected chi connectivity index (χ0v) is 15.9. The molecule has 0 spiro atoms. The number of benzene rings is 2. The quantitative estimate of drug-likeness (QED) is 0.881. The number of likely N-dealkylation sites (tertiary alicyclic amines) is 1. The van der Waals surface area contributed by atoms with E-state index >= 15 is 0 Å². The molecule has 0 saturated carbocycles. The average Bonchev–Trinajstić information content (AvgIpc) is 2.72. The number of amides is 2. The minimum Gasteiger partial charge on any atom is -0.497 e. The molecule has 1 atom stereocenters. The summed E-state index contributed by atoms with van der Waals surface area (Å²) in [4.78, 5) is 27.1. The van der Waals surface area contributed by atoms with Gasteiger partial charge in [-0.25, -0.2) is 0 Å². The van der Waals surface area contributed by atoms with Crippen LogP contribution in [0.2, 0.25) is 0 Å². The van der Waals surface area contributed by atoms with E-state index in [1.54, 1.807) is 31.4 Å². The lowest BCUT2D eigenvalue weighted by Crippen LogP contribution is -2.39. The zero-order valence-electron chi connectivity index (χ0n) is 15.9. The number of nitrogens with one attached hydrogen (secondary N) is 1. The molecule has 5 nitrogen and oxygen atoms in total. The Kier molecular flexibility index (Phi) is 6.12. The van der Waals surface area contributed by atoms with Crippen LogP contribution >= 0.6 is 0 Å². The molecule has 1 fully saturated rings. The summed E-state index contributed by atoms with van der Waals surface area (Å²) in [5, 5.41) is 2.90. The van der Waals surface area contributed by atoms with E-state index < -0.39 is 0 Å². The largest absolute Gasteiger partial charge is 0.497 e. The maximum absolute atomic E-state index is 12.7. The maximum Gasteiger partial charge on any atom is 0.253 e. The summed E-state index contributed by atoms with van der Waals surface area (Å²) in [5.74, 6) is 1.13. The van der Waals surface area contributed by atoms with Crippen LogP contribution in [0.25, 0.3) is 0 Å². The average molecular weight is 366 g/mol. The van der Waals surface area contributed by atoms with Crippen LogP contribution in [0.5, 0.6) is 5.75 Å². The fraction of sp³-hybridized carbons (Fsp3) is 0.364. The monoisotopic (exact) mass is 366 g/mol. The van der Waals surface area contributed by atoms with Gasteiger partial charge >= 0.3 is 0 Å². The van der Waals surface area contributed by atoms with Crippen molar-refractivity contribution in [3.05, 3.63) is 65.2 Å². The highest BCUT2D eigenvalue weighted by atomic mass is 16.5. The second kappa shape index (κ2) is 8.71. The van der Waals surface area contributed by atoms with Crippen molar-refractivity contribution in [2.45, 2.75) is 26.3 Å². The highest BCUT2D eigenvalue weighted by Crippen LogP contribution is 2.18. The number of hydrogen-bond donors (Lipinski definition) is 1. The lowest BCUT2D eigenvalue weighted by Gasteiger charge is -2.31. The number of carbonyl (C=O) groups excluding carboxylic acids is 2. The molecule has 1 unspecified atom stereocenters. The first-order chi connectivity index (χ1) is 13.1. The van der Waals surface area contributed by atoms with E-state index in [4.69, 9.17) is 4.74 Å². The fourth-order valence-electron chi connectivity index (χ4n) is 3.38. The van der Waals surface area contributed by atoms with E-state index in [0.29, 0.717) is 23.6 Å². The zero-order chi connectivity index (χ0) is 19.2. The van der Waals surface area contributed by atoms with Gasteiger partial charge < -0.3 is 15.0 Å². The minimum atomic E-state index is -0.188. The third kappa shape index (κ3) is 4.88. The van der Waals surface area contributed by atoms with Crippen LogP contribution < -0.4 is 10.1 Å². The molecule has 1 N–H and O–H groups in total. The van der Waals surface area contributed by atoms with Gasteiger partial charge in [-0.3, -0.25) is 9.59 Å². The normalized spacial score (nSPS) is 16.7. The summed E-state index contributed by atoms with van der Waals surface area (Å²) in [6.07, 6.45) is 2.20. The van der Waals surface area contributed by atoms with Crippen molar-refractivity contribution in [1.82, 2.24) is 10.2 Å². The molecule has 1 aliphatic rings. The van der Waals surface area contributed by atoms with E-state index in [1.165, 1.54) is 0 Å². The number of piperidine rings is 1. The van der Waals surface area contributed by atoms with Gasteiger partial charge in [-0.05, 0) is 54.7 Å². The molecule has 1 aliphatic heterocycles. The van der Waals surface area contributed by atoms with Crippen molar-refractivity contribution in [3.8, 4) is 5.75 Å². The van der Waals surface area contributed by atoms with Gasteiger partial charge in [0, 0.05) is 30.8 Å². The van der Waals surface area contributed by atoms with Crippen molar-refractivity contribution in [1.29, 1.82) is 0 Å². The van der Waals surface area contributed by atoms with Crippen LogP contribution in [0, 0.1) is 5.92 Å². The van der Waals surface area contributed by atoms with E-state index in [1.807, 2.05) is 29.2 Å². The third-order valence-corrected chi connectivity index (χ3v) is 4.93. The van der Waals surface area contributed by atoms with Gasteiger partial charge in [-0.2, -0.15) is 0 Å². The van der Waals surface area contributed by atoms with Gasteiger partial charge in [0.1, 0.15) is 5.75 Å². The van der Waals surface area contributed by atoms with E-state index in [2.05, 4.69) is 12.2 Å². The Bertz CT molecular complexity index is 801. The van der Waals surface area contributed by atoms with Gasteiger partial charge in [-0.15, -0.1) is 0 Å². The van der Waals surface area contributed by atoms with Gasteiger partial charge in [0.25, 0.3) is 11.8 Å². The fourth-order valence-corrected chi connectivity index (χ4v) is 3.38. The summed E-state index contributed by atoms with van der Waals surface area (Å²) >= 11 is 0. The number of rotatable bonds is 5. The van der Waals surface area contributed by atoms with Crippen molar-refractivity contribution in [2.24, 2.45) is 5.92 Å². The lowest BCUT2D eigenvalue weighted by atomic mass is 9.99. The standard InChI is InChI=1S/C22H26N2O3/c1-16-5-4-12-24(15-16)22(26)19-7-3-6-18(13-19)21(25)23-14-17-8-10-20(27-2)11-9-17/h3,6-11,13,16H,4-5,12,14-15H2,1-2H3,(H,23,25). The molecular formula is C22H26N2O3. The number of hydrogen-bond acceptors (Lipinski definition) is 3. The van der Waals surface area contributed by atoms with Gasteiger partial charge in [0.2, 0.25) is 0 Å². The van der Waals surface area contributed by atoms with Crippen molar-refractivity contribution >= 4 is 11.8 Å². The number of ether oxygens (including phenoxy) is 1. The molecular weight excluding hydrogens is 340 g/mol. The highest BCUT2D eigenvalue weighted by molar-refractivity contribution is 5.99. The number of nitrogens with zero attached hydrogens (tertiary/aromatic N) is 1. The molecule has 1 heterocycles. The number of carbonyl (C=O) groups is 2. The Morgan fingerprint density at radius 1 is 1.15 bits per heavy atom. The maximum atomic E-state index is 12.7. The molecule has 3 rings (SSSR count). The van der Waals surface area contributed by atoms with Gasteiger partial charge in [0.05, 0.1) is 7.11 Å². The Labute approximate surface area is 160 Å². The van der Waals surface area contributed by atoms with Gasteiger partial charge in [-0.1, -0.05) is 25.1 Å². The lowest BCUT2D eigenvalue weighted by molar-refractivity contribution is 0.0683. The molecule has 0 radical (unpaired) electrons. The second-order valence-electron chi connectivity index (χ2n) is 7.11. The first-order valence-corrected chi connectivity index (χ1v) is 9.37. The topological polar surface area (TPSA) is 58.6 Å². The Balaban J connectivity index is 1.63. The van der Waals surface area contributed by atoms with Gasteiger partial charge in [0.15, 0.2) is 0 Å². The summed E-state index contributed by atoms with van der Waals surface area (Å²) in [5.41, 5.74) is 2.05. The van der Waals surface area contributed by atoms with E-state index in [-0.39, 0.29) is 11.8 Å². The molecule has 142 valence electrons. The van der Waals surface area contributed by atoms with E-state index in [0.717, 1.165) is 37.2 Å². The predicted octanol–water partition coefficient (Wildman–Crippen LogP) is 3.50. The van der Waals surface area contributed by atoms with Crippen molar-refractivity contribution in [2.75, 3.05) is 20.2 Å². The molecule has 0 aromatic heterocycles. The molecule has 2 amide bonds. The molecule has 2 aromatic rings. The number of methoxy groups -OCH3 is 1. The SMILES string of the molecule is COc1ccc(CNC(=O)c2cccc(C(=O)N3CCCC(C)C3)c2)cc1. The smallest absolute Gasteiger partial charge is 0.253 e. The second-order valence-corrected chi connectivity index (χ2v) is 7.11. The predicted molar refractivity (Wildman–Crippen MR) is 105 cm³/mol. The van der Waals surface area contributed by atoms with Crippen LogP contribution in [0.1, 0.15) is 46.0 Å². The third-order valence-electron chi connectivity index (χ3n) is 4.93. The van der Waals surface area contributed by atoms with Crippen LogP contribution in [0.4, 0.5) is 0 Å². The Morgan fingerprint density at radius 3 is 2.59 bits per heavy atom. The van der Waals surface area contributed by atoms with Crippen LogP contribution in [0.15, 0.2) is 48.5 Å². The summed E-state index contributed by atoms with van der Waals surface area (Å²) < 4.78 is 5.13. The first-order valence-electron chi connectivity index (χ1n) is 9.37. The summed E-state index contributed by atoms with van der Waals surface area (Å²) in [6.45, 7) is 4.16. The highest BCUT2D eigenvalue weighted by Gasteiger charge is 2.22. The summed E-state index contributed by atoms with van der Waals surface area (Å²) in [6, 6.07) is 14.5. The van der Waals surface area contributed by atoms with Crippen LogP contribution in [-0.4, -0.2) is 36.9 Å². The molecule has 5 heteroatoms. The van der Waals surface area contributed by atoms with Crippen LogP contribution in [-0.2, 0) is 6.54 Å². The Morgan fingerprint density at radius 2 is 1.89 bits per heavy atom. The molecule has 0 aliphatic carbocycles. The molecule has 0 bridgehead atoms. The van der Waals surface area contributed by atoms with Crippen molar-refractivity contribution in [3.63, 3.8) is 0 Å². The first kappa shape index (κ1) is 19.0. The Hall–Kier alpha value is -2.82. The van der Waals surface area contributed by atoms with Crippen molar-refractivity contribution < 1.29 is 14.3 Å². The molecule has 2 aromatic carbocycles. The minimum absolute atomic E-state index is 0.00588. The summed E-state index contributed by atoms with van der Waals surface area (Å²) in [7, 11) is 1.62. The molecule has 27 heavy (non-hydrogen) atoms. The van der Waals surface area contributed by atoms with Crippen LogP contribution in [0.3, 0.4) is 0 Å². The van der Waals surface area contributed by atoms with E-state index in [9.17, 15) is 9.59 Å².